The third kappa shape index (κ3) is 4.54. The molecule has 0 aliphatic heterocycles. The van der Waals surface area contributed by atoms with Crippen LogP contribution in [0.3, 0.4) is 0 Å². The number of ether oxygens (including phenoxy) is 2. The number of carbonyl (C=O) groups is 1. The molecule has 3 nitrogen and oxygen atoms in total. The third-order valence-electron chi connectivity index (χ3n) is 8.09. The molecule has 0 spiro atoms. The van der Waals surface area contributed by atoms with Crippen molar-refractivity contribution in [3.63, 3.8) is 0 Å². The topological polar surface area (TPSA) is 35.5 Å². The molecule has 0 bridgehead atoms. The Morgan fingerprint density at radius 2 is 1.26 bits per heavy atom. The molecule has 39 heavy (non-hydrogen) atoms. The summed E-state index contributed by atoms with van der Waals surface area (Å²) in [6.45, 7) is 14.3. The maximum Gasteiger partial charge on any atom is 0.313 e. The summed E-state index contributed by atoms with van der Waals surface area (Å²) >= 11 is 0. The number of hydrogen-bond acceptors (Lipinski definition) is 3. The van der Waals surface area contributed by atoms with Gasteiger partial charge in [-0.15, -0.1) is 0 Å². The highest BCUT2D eigenvalue weighted by atomic mass is 16.5. The van der Waals surface area contributed by atoms with Gasteiger partial charge in [-0.1, -0.05) is 93.6 Å². The lowest BCUT2D eigenvalue weighted by Gasteiger charge is -2.35. The van der Waals surface area contributed by atoms with Gasteiger partial charge in [0.2, 0.25) is 0 Å². The fraction of sp³-hybridized carbons (Fsp3) is 0.306. The Balaban J connectivity index is 1.75. The van der Waals surface area contributed by atoms with E-state index >= 15 is 0 Å². The lowest BCUT2D eigenvalue weighted by molar-refractivity contribution is -0.137. The fourth-order valence-corrected chi connectivity index (χ4v) is 5.61. The predicted octanol–water partition coefficient (Wildman–Crippen LogP) is 8.80. The monoisotopic (exact) mass is 518 g/mol. The first-order valence-corrected chi connectivity index (χ1v) is 13.9. The van der Waals surface area contributed by atoms with Crippen molar-refractivity contribution in [1.29, 1.82) is 0 Å². The summed E-state index contributed by atoms with van der Waals surface area (Å²) < 4.78 is 12.2. The van der Waals surface area contributed by atoms with Crippen molar-refractivity contribution in [1.82, 2.24) is 0 Å². The number of aryl methyl sites for hydroxylation is 2. The normalized spacial score (nSPS) is 13.6. The van der Waals surface area contributed by atoms with Crippen LogP contribution < -0.4 is 9.47 Å². The zero-order chi connectivity index (χ0) is 27.9. The van der Waals surface area contributed by atoms with Crippen LogP contribution in [0.5, 0.6) is 11.5 Å². The first-order chi connectivity index (χ1) is 18.6. The summed E-state index contributed by atoms with van der Waals surface area (Å²) in [7, 11) is 0. The molecule has 4 aromatic rings. The van der Waals surface area contributed by atoms with Crippen molar-refractivity contribution >= 4 is 5.97 Å². The minimum atomic E-state index is -0.526. The lowest BCUT2D eigenvalue weighted by Crippen LogP contribution is -2.30. The van der Waals surface area contributed by atoms with E-state index < -0.39 is 5.41 Å². The second kappa shape index (κ2) is 10.0. The quantitative estimate of drug-likeness (QED) is 0.159. The summed E-state index contributed by atoms with van der Waals surface area (Å²) in [5.41, 5.74) is 8.59. The largest absolute Gasteiger partial charge is 0.488 e. The molecule has 0 radical (unpaired) electrons. The van der Waals surface area contributed by atoms with Crippen molar-refractivity contribution in [3.05, 3.63) is 118 Å². The van der Waals surface area contributed by atoms with Gasteiger partial charge in [-0.25, -0.2) is 0 Å². The first kappa shape index (κ1) is 26.7. The van der Waals surface area contributed by atoms with E-state index in [-0.39, 0.29) is 17.5 Å². The molecule has 0 saturated heterocycles. The van der Waals surface area contributed by atoms with Crippen LogP contribution in [0, 0.1) is 19.8 Å². The average molecular weight is 519 g/mol. The first-order valence-electron chi connectivity index (χ1n) is 13.9. The summed E-state index contributed by atoms with van der Waals surface area (Å²) in [4.78, 5) is 12.4. The van der Waals surface area contributed by atoms with Gasteiger partial charge in [0.05, 0.1) is 11.3 Å². The second-order valence-corrected chi connectivity index (χ2v) is 11.6. The summed E-state index contributed by atoms with van der Waals surface area (Å²) in [6, 6.07) is 30.3. The van der Waals surface area contributed by atoms with Gasteiger partial charge in [0.15, 0.2) is 0 Å². The van der Waals surface area contributed by atoms with Crippen LogP contribution >= 0.6 is 0 Å². The summed E-state index contributed by atoms with van der Waals surface area (Å²) in [5, 5.41) is 0. The van der Waals surface area contributed by atoms with E-state index in [1.54, 1.807) is 0 Å². The molecule has 0 heterocycles. The van der Waals surface area contributed by atoms with Gasteiger partial charge < -0.3 is 9.47 Å². The number of rotatable bonds is 7. The van der Waals surface area contributed by atoms with E-state index in [1.165, 1.54) is 27.8 Å². The van der Waals surface area contributed by atoms with Crippen molar-refractivity contribution in [2.45, 2.75) is 65.9 Å². The standard InChI is InChI=1S/C36H38O3/c1-8-35(6,7)39-33-20-18-27(22-25(33)5)36(26-17-19-32(24(4)21-26)38-34(37)23(2)3)30-15-11-9-13-28(30)29-14-10-12-16-31(29)36/h9-23H,8H2,1-7H3. The van der Waals surface area contributed by atoms with Crippen LogP contribution in [0.4, 0.5) is 0 Å². The minimum absolute atomic E-state index is 0.189. The van der Waals surface area contributed by atoms with Gasteiger partial charge in [-0.2, -0.15) is 0 Å². The van der Waals surface area contributed by atoms with E-state index in [0.717, 1.165) is 28.9 Å². The molecule has 1 aliphatic rings. The number of hydrogen-bond donors (Lipinski definition) is 0. The Morgan fingerprint density at radius 3 is 1.72 bits per heavy atom. The number of fused-ring (bicyclic) bond motifs is 3. The molecule has 4 aromatic carbocycles. The molecule has 0 unspecified atom stereocenters. The molecule has 0 fully saturated rings. The van der Waals surface area contributed by atoms with E-state index in [9.17, 15) is 4.79 Å². The second-order valence-electron chi connectivity index (χ2n) is 11.6. The number of benzene rings is 4. The molecular formula is C36H38O3. The average Bonchev–Trinajstić information content (AvgIpc) is 3.22. The van der Waals surface area contributed by atoms with Crippen LogP contribution in [-0.4, -0.2) is 11.6 Å². The maximum absolute atomic E-state index is 12.4. The predicted molar refractivity (Wildman–Crippen MR) is 159 cm³/mol. The number of carbonyl (C=O) groups excluding carboxylic acids is 1. The summed E-state index contributed by atoms with van der Waals surface area (Å²) in [6.07, 6.45) is 0.923. The van der Waals surface area contributed by atoms with Crippen molar-refractivity contribution in [3.8, 4) is 22.6 Å². The lowest BCUT2D eigenvalue weighted by atomic mass is 9.67. The fourth-order valence-electron chi connectivity index (χ4n) is 5.61. The molecule has 3 heteroatoms. The summed E-state index contributed by atoms with van der Waals surface area (Å²) in [5.74, 6) is 1.10. The van der Waals surface area contributed by atoms with Crippen LogP contribution in [-0.2, 0) is 10.2 Å². The highest BCUT2D eigenvalue weighted by Gasteiger charge is 2.46. The molecule has 0 amide bonds. The zero-order valence-electron chi connectivity index (χ0n) is 24.1. The number of esters is 1. The molecule has 0 atom stereocenters. The molecule has 5 rings (SSSR count). The van der Waals surface area contributed by atoms with Crippen LogP contribution in [0.2, 0.25) is 0 Å². The highest BCUT2D eigenvalue weighted by Crippen LogP contribution is 2.56. The van der Waals surface area contributed by atoms with Crippen molar-refractivity contribution in [2.24, 2.45) is 5.92 Å². The van der Waals surface area contributed by atoms with Crippen LogP contribution in [0.15, 0.2) is 84.9 Å². The van der Waals surface area contributed by atoms with Crippen molar-refractivity contribution in [2.75, 3.05) is 0 Å². The van der Waals surface area contributed by atoms with Gasteiger partial charge in [-0.05, 0) is 90.8 Å². The van der Waals surface area contributed by atoms with Gasteiger partial charge in [0, 0.05) is 0 Å². The smallest absolute Gasteiger partial charge is 0.313 e. The minimum Gasteiger partial charge on any atom is -0.488 e. The molecule has 0 saturated carbocycles. The third-order valence-corrected chi connectivity index (χ3v) is 8.09. The van der Waals surface area contributed by atoms with Crippen molar-refractivity contribution < 1.29 is 14.3 Å². The van der Waals surface area contributed by atoms with Crippen LogP contribution in [0.25, 0.3) is 11.1 Å². The molecule has 0 aromatic heterocycles. The van der Waals surface area contributed by atoms with Crippen LogP contribution in [0.1, 0.15) is 74.4 Å². The zero-order valence-corrected chi connectivity index (χ0v) is 24.1. The Morgan fingerprint density at radius 1 is 0.769 bits per heavy atom. The Labute approximate surface area is 232 Å². The van der Waals surface area contributed by atoms with E-state index in [2.05, 4.69) is 107 Å². The van der Waals surface area contributed by atoms with Gasteiger partial charge in [0.1, 0.15) is 17.1 Å². The Kier molecular flexibility index (Phi) is 6.88. The Bertz CT molecular complexity index is 1500. The van der Waals surface area contributed by atoms with Gasteiger partial charge in [-0.3, -0.25) is 4.79 Å². The molecular weight excluding hydrogens is 480 g/mol. The SMILES string of the molecule is CCC(C)(C)Oc1ccc(C2(c3ccc(OC(=O)C(C)C)c(C)c3)c3ccccc3-c3ccccc32)cc1C. The van der Waals surface area contributed by atoms with E-state index in [0.29, 0.717) is 5.75 Å². The molecule has 0 N–H and O–H groups in total. The van der Waals surface area contributed by atoms with Gasteiger partial charge >= 0.3 is 5.97 Å². The van der Waals surface area contributed by atoms with E-state index in [4.69, 9.17) is 9.47 Å². The molecule has 200 valence electrons. The highest BCUT2D eigenvalue weighted by molar-refractivity contribution is 5.86. The van der Waals surface area contributed by atoms with Gasteiger partial charge in [0.25, 0.3) is 0 Å². The molecule has 1 aliphatic carbocycles. The maximum atomic E-state index is 12.4. The Hall–Kier alpha value is -3.85. The van der Waals surface area contributed by atoms with E-state index in [1.807, 2.05) is 26.8 Å².